The number of rotatable bonds is 3. The summed E-state index contributed by atoms with van der Waals surface area (Å²) in [7, 11) is 0. The maximum Gasteiger partial charge on any atom is 0.223 e. The van der Waals surface area contributed by atoms with Gasteiger partial charge in [-0.2, -0.15) is 0 Å². The molecule has 4 heteroatoms. The van der Waals surface area contributed by atoms with Crippen LogP contribution < -0.4 is 5.32 Å². The molecular weight excluding hydrogens is 264 g/mol. The molecule has 1 atom stereocenters. The van der Waals surface area contributed by atoms with E-state index in [2.05, 4.69) is 10.2 Å². The third kappa shape index (κ3) is 3.59. The Kier molecular flexibility index (Phi) is 5.17. The maximum atomic E-state index is 12.8. The molecule has 3 fully saturated rings. The normalized spacial score (nSPS) is 29.5. The standard InChI is InChI=1S/C17H30N2O2/c20-16(8-7-15-6-2-5-13-21-15)19-12-11-18-14-17(19)9-3-1-4-10-17/h15,18H,1-14H2. The number of nitrogens with zero attached hydrogens (tertiary/aromatic N) is 1. The van der Waals surface area contributed by atoms with E-state index in [4.69, 9.17) is 4.74 Å². The Morgan fingerprint density at radius 1 is 1.19 bits per heavy atom. The van der Waals surface area contributed by atoms with E-state index in [0.717, 1.165) is 39.1 Å². The van der Waals surface area contributed by atoms with Crippen LogP contribution >= 0.6 is 0 Å². The summed E-state index contributed by atoms with van der Waals surface area (Å²) in [6.07, 6.45) is 11.8. The minimum Gasteiger partial charge on any atom is -0.378 e. The minimum absolute atomic E-state index is 0.126. The van der Waals surface area contributed by atoms with E-state index < -0.39 is 0 Å². The van der Waals surface area contributed by atoms with E-state index in [1.165, 1.54) is 44.9 Å². The fourth-order valence-corrected chi connectivity index (χ4v) is 4.34. The Balaban J connectivity index is 1.56. The first-order valence-electron chi connectivity index (χ1n) is 8.93. The van der Waals surface area contributed by atoms with Gasteiger partial charge in [-0.05, 0) is 38.5 Å². The molecular formula is C17H30N2O2. The fraction of sp³-hybridized carbons (Fsp3) is 0.941. The zero-order valence-electron chi connectivity index (χ0n) is 13.2. The van der Waals surface area contributed by atoms with Gasteiger partial charge in [0.25, 0.3) is 0 Å². The minimum atomic E-state index is 0.126. The summed E-state index contributed by atoms with van der Waals surface area (Å²) >= 11 is 0. The number of piperazine rings is 1. The molecule has 4 nitrogen and oxygen atoms in total. The van der Waals surface area contributed by atoms with Crippen LogP contribution in [0.2, 0.25) is 0 Å². The van der Waals surface area contributed by atoms with Gasteiger partial charge < -0.3 is 15.0 Å². The maximum absolute atomic E-state index is 12.8. The van der Waals surface area contributed by atoms with Crippen molar-refractivity contribution < 1.29 is 9.53 Å². The van der Waals surface area contributed by atoms with Crippen LogP contribution in [0.5, 0.6) is 0 Å². The highest BCUT2D eigenvalue weighted by atomic mass is 16.5. The predicted molar refractivity (Wildman–Crippen MR) is 83.2 cm³/mol. The Bertz CT molecular complexity index is 338. The highest BCUT2D eigenvalue weighted by molar-refractivity contribution is 5.77. The molecule has 3 aliphatic rings. The lowest BCUT2D eigenvalue weighted by molar-refractivity contribution is -0.142. The lowest BCUT2D eigenvalue weighted by Gasteiger charge is -2.50. The summed E-state index contributed by atoms with van der Waals surface area (Å²) in [5, 5.41) is 3.52. The van der Waals surface area contributed by atoms with Crippen molar-refractivity contribution in [3.8, 4) is 0 Å². The molecule has 0 radical (unpaired) electrons. The third-order valence-electron chi connectivity index (χ3n) is 5.58. The second-order valence-electron chi connectivity index (χ2n) is 7.03. The second kappa shape index (κ2) is 7.10. The van der Waals surface area contributed by atoms with Crippen molar-refractivity contribution in [1.29, 1.82) is 0 Å². The van der Waals surface area contributed by atoms with Crippen LogP contribution in [0, 0.1) is 0 Å². The van der Waals surface area contributed by atoms with Gasteiger partial charge in [0.15, 0.2) is 0 Å². The van der Waals surface area contributed by atoms with E-state index in [-0.39, 0.29) is 5.54 Å². The first-order chi connectivity index (χ1) is 10.3. The zero-order valence-corrected chi connectivity index (χ0v) is 13.2. The van der Waals surface area contributed by atoms with Crippen LogP contribution in [0.4, 0.5) is 0 Å². The molecule has 1 spiro atoms. The van der Waals surface area contributed by atoms with Gasteiger partial charge in [-0.25, -0.2) is 0 Å². The Labute approximate surface area is 128 Å². The number of hydrogen-bond acceptors (Lipinski definition) is 3. The van der Waals surface area contributed by atoms with Crippen molar-refractivity contribution >= 4 is 5.91 Å². The molecule has 0 aromatic heterocycles. The highest BCUT2D eigenvalue weighted by Gasteiger charge is 2.41. The van der Waals surface area contributed by atoms with Crippen molar-refractivity contribution in [1.82, 2.24) is 10.2 Å². The molecule has 3 rings (SSSR count). The van der Waals surface area contributed by atoms with Crippen LogP contribution in [-0.2, 0) is 9.53 Å². The number of carbonyl (C=O) groups excluding carboxylic acids is 1. The lowest BCUT2D eigenvalue weighted by Crippen LogP contribution is -2.63. The highest BCUT2D eigenvalue weighted by Crippen LogP contribution is 2.35. The second-order valence-corrected chi connectivity index (χ2v) is 7.03. The van der Waals surface area contributed by atoms with Crippen molar-refractivity contribution in [2.45, 2.75) is 75.9 Å². The summed E-state index contributed by atoms with van der Waals surface area (Å²) in [5.41, 5.74) is 0.126. The molecule has 120 valence electrons. The van der Waals surface area contributed by atoms with Gasteiger partial charge in [0.1, 0.15) is 0 Å². The molecule has 1 saturated carbocycles. The Morgan fingerprint density at radius 3 is 2.81 bits per heavy atom. The molecule has 21 heavy (non-hydrogen) atoms. The van der Waals surface area contributed by atoms with E-state index in [1.54, 1.807) is 0 Å². The molecule has 1 amide bonds. The van der Waals surface area contributed by atoms with Crippen LogP contribution in [0.3, 0.4) is 0 Å². The fourth-order valence-electron chi connectivity index (χ4n) is 4.34. The summed E-state index contributed by atoms with van der Waals surface area (Å²) in [6, 6.07) is 0. The molecule has 2 aliphatic heterocycles. The SMILES string of the molecule is O=C(CCC1CCCCO1)N1CCNCC12CCCCC2. The topological polar surface area (TPSA) is 41.6 Å². The molecule has 2 heterocycles. The molecule has 0 aromatic carbocycles. The largest absolute Gasteiger partial charge is 0.378 e. The van der Waals surface area contributed by atoms with Gasteiger partial charge in [0, 0.05) is 32.7 Å². The van der Waals surface area contributed by atoms with Gasteiger partial charge in [-0.1, -0.05) is 19.3 Å². The zero-order chi connectivity index (χ0) is 14.5. The quantitative estimate of drug-likeness (QED) is 0.869. The van der Waals surface area contributed by atoms with Crippen LogP contribution in [0.25, 0.3) is 0 Å². The van der Waals surface area contributed by atoms with Crippen LogP contribution in [-0.4, -0.2) is 48.7 Å². The number of hydrogen-bond donors (Lipinski definition) is 1. The average molecular weight is 294 g/mol. The first-order valence-corrected chi connectivity index (χ1v) is 8.93. The van der Waals surface area contributed by atoms with Crippen molar-refractivity contribution in [3.05, 3.63) is 0 Å². The summed E-state index contributed by atoms with van der Waals surface area (Å²) < 4.78 is 5.77. The summed E-state index contributed by atoms with van der Waals surface area (Å²) in [6.45, 7) is 3.73. The molecule has 1 unspecified atom stereocenters. The van der Waals surface area contributed by atoms with Gasteiger partial charge in [0.05, 0.1) is 11.6 Å². The summed E-state index contributed by atoms with van der Waals surface area (Å²) in [4.78, 5) is 15.0. The molecule has 1 aliphatic carbocycles. The molecule has 2 saturated heterocycles. The van der Waals surface area contributed by atoms with Gasteiger partial charge in [-0.15, -0.1) is 0 Å². The van der Waals surface area contributed by atoms with Crippen molar-refractivity contribution in [2.24, 2.45) is 0 Å². The molecule has 0 bridgehead atoms. The lowest BCUT2D eigenvalue weighted by atomic mass is 9.78. The number of amides is 1. The number of ether oxygens (including phenoxy) is 1. The number of nitrogens with one attached hydrogen (secondary N) is 1. The van der Waals surface area contributed by atoms with E-state index in [9.17, 15) is 4.79 Å². The smallest absolute Gasteiger partial charge is 0.223 e. The van der Waals surface area contributed by atoms with Gasteiger partial charge in [-0.3, -0.25) is 4.79 Å². The van der Waals surface area contributed by atoms with Crippen LogP contribution in [0.15, 0.2) is 0 Å². The average Bonchev–Trinajstić information content (AvgIpc) is 2.55. The van der Waals surface area contributed by atoms with Crippen LogP contribution in [0.1, 0.15) is 64.2 Å². The Morgan fingerprint density at radius 2 is 2.05 bits per heavy atom. The van der Waals surface area contributed by atoms with Gasteiger partial charge in [0.2, 0.25) is 5.91 Å². The van der Waals surface area contributed by atoms with E-state index >= 15 is 0 Å². The Hall–Kier alpha value is -0.610. The van der Waals surface area contributed by atoms with E-state index in [1.807, 2.05) is 0 Å². The van der Waals surface area contributed by atoms with Gasteiger partial charge >= 0.3 is 0 Å². The summed E-state index contributed by atoms with van der Waals surface area (Å²) in [5.74, 6) is 0.368. The van der Waals surface area contributed by atoms with E-state index in [0.29, 0.717) is 18.4 Å². The monoisotopic (exact) mass is 294 g/mol. The van der Waals surface area contributed by atoms with Crippen molar-refractivity contribution in [3.63, 3.8) is 0 Å². The predicted octanol–water partition coefficient (Wildman–Crippen LogP) is 2.47. The first kappa shape index (κ1) is 15.3. The third-order valence-corrected chi connectivity index (χ3v) is 5.58. The molecule has 0 aromatic rings. The molecule has 1 N–H and O–H groups in total. The number of carbonyl (C=O) groups is 1. The van der Waals surface area contributed by atoms with Crippen molar-refractivity contribution in [2.75, 3.05) is 26.2 Å².